The summed E-state index contributed by atoms with van der Waals surface area (Å²) >= 11 is 0. The molecule has 1 saturated heterocycles. The lowest BCUT2D eigenvalue weighted by Gasteiger charge is -2.28. The van der Waals surface area contributed by atoms with Crippen LogP contribution in [0.2, 0.25) is 0 Å². The molecule has 11 heteroatoms. The molecule has 2 amide bonds. The first-order valence-electron chi connectivity index (χ1n) is 13.6. The molecule has 0 unspecified atom stereocenters. The number of alkyl halides is 3. The molecule has 0 spiro atoms. The van der Waals surface area contributed by atoms with Crippen LogP contribution in [0.1, 0.15) is 44.1 Å². The van der Waals surface area contributed by atoms with Crippen LogP contribution in [0.25, 0.3) is 16.8 Å². The van der Waals surface area contributed by atoms with Crippen molar-refractivity contribution in [2.75, 3.05) is 24.5 Å². The molecule has 3 aromatic carbocycles. The summed E-state index contributed by atoms with van der Waals surface area (Å²) < 4.78 is 42.8. The molecule has 0 radical (unpaired) electrons. The van der Waals surface area contributed by atoms with E-state index in [2.05, 4.69) is 16.1 Å². The molecule has 42 heavy (non-hydrogen) atoms. The fourth-order valence-corrected chi connectivity index (χ4v) is 5.77. The van der Waals surface area contributed by atoms with Crippen LogP contribution in [0, 0.1) is 0 Å². The van der Waals surface area contributed by atoms with E-state index in [0.29, 0.717) is 18.8 Å². The van der Waals surface area contributed by atoms with Crippen LogP contribution in [0.15, 0.2) is 72.8 Å². The average Bonchev–Trinajstić information content (AvgIpc) is 3.58. The number of likely N-dealkylation sites (tertiary alicyclic amines) is 1. The van der Waals surface area contributed by atoms with Crippen molar-refractivity contribution in [1.82, 2.24) is 14.7 Å². The van der Waals surface area contributed by atoms with Gasteiger partial charge in [-0.25, -0.2) is 4.68 Å². The largest absolute Gasteiger partial charge is 0.435 e. The number of benzene rings is 3. The highest BCUT2D eigenvalue weighted by atomic mass is 19.4. The number of anilines is 1. The van der Waals surface area contributed by atoms with Crippen molar-refractivity contribution in [2.24, 2.45) is 5.73 Å². The number of hydrogen-bond acceptors (Lipinski definition) is 5. The second-order valence-corrected chi connectivity index (χ2v) is 10.6. The smallest absolute Gasteiger partial charge is 0.392 e. The van der Waals surface area contributed by atoms with Gasteiger partial charge in [0.05, 0.1) is 11.8 Å². The first kappa shape index (κ1) is 27.7. The van der Waals surface area contributed by atoms with Crippen molar-refractivity contribution in [3.63, 3.8) is 0 Å². The van der Waals surface area contributed by atoms with Crippen molar-refractivity contribution in [3.8, 4) is 16.8 Å². The monoisotopic (exact) mass is 575 g/mol. The Balaban J connectivity index is 1.32. The van der Waals surface area contributed by atoms with Gasteiger partial charge in [0.1, 0.15) is 5.69 Å². The van der Waals surface area contributed by atoms with E-state index in [0.717, 1.165) is 34.3 Å². The molecule has 8 nitrogen and oxygen atoms in total. The number of hydrogen-bond donors (Lipinski definition) is 2. The second-order valence-electron chi connectivity index (χ2n) is 10.6. The average molecular weight is 576 g/mol. The molecular formula is C31H28F3N5O3. The number of carbonyl (C=O) groups is 2. The van der Waals surface area contributed by atoms with Crippen LogP contribution < -0.4 is 10.6 Å². The number of aliphatic hydroxyl groups is 1. The van der Waals surface area contributed by atoms with Gasteiger partial charge in [0.25, 0.3) is 5.91 Å². The molecule has 3 N–H and O–H groups in total. The minimum atomic E-state index is -4.76. The molecule has 4 aromatic rings. The quantitative estimate of drug-likeness (QED) is 0.354. The summed E-state index contributed by atoms with van der Waals surface area (Å²) in [5.41, 5.74) is 7.72. The molecule has 1 aromatic heterocycles. The Morgan fingerprint density at radius 2 is 1.76 bits per heavy atom. The van der Waals surface area contributed by atoms with E-state index in [1.165, 1.54) is 29.2 Å². The van der Waals surface area contributed by atoms with Gasteiger partial charge >= 0.3 is 6.18 Å². The lowest BCUT2D eigenvalue weighted by molar-refractivity contribution is -0.141. The molecular weight excluding hydrogens is 547 g/mol. The number of β-amino-alcohol motifs (C(OH)–C–C–N with tert-alkyl or cyclic N) is 1. The third-order valence-electron chi connectivity index (χ3n) is 7.81. The molecule has 3 heterocycles. The minimum Gasteiger partial charge on any atom is -0.392 e. The maximum atomic E-state index is 14.0. The summed E-state index contributed by atoms with van der Waals surface area (Å²) in [7, 11) is 0. The molecule has 0 bridgehead atoms. The third kappa shape index (κ3) is 5.17. The number of aliphatic hydroxyl groups excluding tert-OH is 1. The molecule has 1 atom stereocenters. The summed E-state index contributed by atoms with van der Waals surface area (Å²) in [5, 5.41) is 13.7. The van der Waals surface area contributed by atoms with E-state index < -0.39 is 23.7 Å². The van der Waals surface area contributed by atoms with Crippen LogP contribution in [0.3, 0.4) is 0 Å². The maximum Gasteiger partial charge on any atom is 0.435 e. The first-order valence-corrected chi connectivity index (χ1v) is 13.6. The fourth-order valence-electron chi connectivity index (χ4n) is 5.77. The topological polar surface area (TPSA) is 105 Å². The molecule has 2 aliphatic rings. The number of fused-ring (bicyclic) bond motifs is 1. The van der Waals surface area contributed by atoms with Gasteiger partial charge in [-0.1, -0.05) is 42.5 Å². The van der Waals surface area contributed by atoms with Gasteiger partial charge in [-0.15, -0.1) is 0 Å². The van der Waals surface area contributed by atoms with Crippen LogP contribution in [-0.4, -0.2) is 57.3 Å². The Bertz CT molecular complexity index is 1670. The highest BCUT2D eigenvalue weighted by Crippen LogP contribution is 2.37. The van der Waals surface area contributed by atoms with E-state index in [1.54, 1.807) is 12.1 Å². The second kappa shape index (κ2) is 10.7. The number of rotatable bonds is 6. The van der Waals surface area contributed by atoms with Crippen molar-refractivity contribution in [2.45, 2.75) is 31.7 Å². The summed E-state index contributed by atoms with van der Waals surface area (Å²) in [6.07, 6.45) is -4.36. The molecule has 1 fully saturated rings. The number of nitrogens with two attached hydrogens (primary N) is 1. The van der Waals surface area contributed by atoms with Crippen LogP contribution >= 0.6 is 0 Å². The zero-order valence-corrected chi connectivity index (χ0v) is 22.5. The van der Waals surface area contributed by atoms with E-state index >= 15 is 0 Å². The highest BCUT2D eigenvalue weighted by Gasteiger charge is 2.43. The predicted molar refractivity (Wildman–Crippen MR) is 150 cm³/mol. The van der Waals surface area contributed by atoms with Gasteiger partial charge in [0.15, 0.2) is 5.69 Å². The van der Waals surface area contributed by atoms with Gasteiger partial charge in [-0.05, 0) is 59.9 Å². The number of halogens is 3. The molecule has 0 saturated carbocycles. The van der Waals surface area contributed by atoms with Gasteiger partial charge in [0, 0.05) is 43.0 Å². The molecule has 2 aliphatic heterocycles. The van der Waals surface area contributed by atoms with Crippen molar-refractivity contribution < 1.29 is 27.9 Å². The van der Waals surface area contributed by atoms with Gasteiger partial charge in [0.2, 0.25) is 5.91 Å². The number of carbonyl (C=O) groups excluding carboxylic acids is 2. The van der Waals surface area contributed by atoms with E-state index in [1.807, 2.05) is 30.3 Å². The number of nitrogens with zero attached hydrogens (tertiary/aromatic N) is 4. The normalized spacial score (nSPS) is 17.5. The number of primary amides is 1. The fraction of sp³-hybridized carbons (Fsp3) is 0.258. The Kier molecular flexibility index (Phi) is 7.07. The number of amides is 2. The third-order valence-corrected chi connectivity index (χ3v) is 7.81. The van der Waals surface area contributed by atoms with Crippen molar-refractivity contribution in [3.05, 3.63) is 101 Å². The Morgan fingerprint density at radius 1 is 1.00 bits per heavy atom. The summed E-state index contributed by atoms with van der Waals surface area (Å²) in [6.45, 7) is 2.21. The summed E-state index contributed by atoms with van der Waals surface area (Å²) in [6, 6.07) is 21.1. The summed E-state index contributed by atoms with van der Waals surface area (Å²) in [4.78, 5) is 29.1. The zero-order chi connectivity index (χ0) is 29.6. The van der Waals surface area contributed by atoms with Crippen molar-refractivity contribution >= 4 is 17.5 Å². The van der Waals surface area contributed by atoms with Crippen LogP contribution in [-0.2, 0) is 19.1 Å². The zero-order valence-electron chi connectivity index (χ0n) is 22.5. The first-order chi connectivity index (χ1) is 20.1. The van der Waals surface area contributed by atoms with Crippen LogP contribution in [0.5, 0.6) is 0 Å². The Morgan fingerprint density at radius 3 is 2.45 bits per heavy atom. The van der Waals surface area contributed by atoms with Crippen LogP contribution in [0.4, 0.5) is 18.9 Å². The lowest BCUT2D eigenvalue weighted by atomic mass is 9.98. The van der Waals surface area contributed by atoms with Gasteiger partial charge in [-0.2, -0.15) is 18.3 Å². The molecule has 0 aliphatic carbocycles. The maximum absolute atomic E-state index is 14.0. The van der Waals surface area contributed by atoms with Crippen molar-refractivity contribution in [1.29, 1.82) is 0 Å². The standard InChI is InChI=1S/C31H28F3N5O3/c32-31(33,34)28-26-13-15-38(30(42)27(26)39(36-28)23-6-3-5-20(16-23)29(35)41)22-10-8-19(9-11-22)25-7-2-1-4-21(25)17-37-14-12-24(40)18-37/h1-11,16,24,40H,12-15,17-18H2,(H2,35,41)/t24-/m1/s1. The van der Waals surface area contributed by atoms with E-state index in [-0.39, 0.29) is 41.6 Å². The summed E-state index contributed by atoms with van der Waals surface area (Å²) in [5.74, 6) is -1.37. The van der Waals surface area contributed by atoms with Gasteiger partial charge < -0.3 is 15.7 Å². The minimum absolute atomic E-state index is 0.0440. The Labute approximate surface area is 239 Å². The molecule has 6 rings (SSSR count). The predicted octanol–water partition coefficient (Wildman–Crippen LogP) is 4.43. The lowest BCUT2D eigenvalue weighted by Crippen LogP contribution is -2.39. The number of aromatic nitrogens is 2. The SMILES string of the molecule is NC(=O)c1cccc(-n2nc(C(F)(F)F)c3c2C(=O)N(c2ccc(-c4ccccc4CN4CC[C@@H](O)C4)cc2)CC3)c1. The molecule has 216 valence electrons. The Hall–Kier alpha value is -4.48. The van der Waals surface area contributed by atoms with Gasteiger partial charge in [-0.3, -0.25) is 14.5 Å². The van der Waals surface area contributed by atoms with E-state index in [9.17, 15) is 27.9 Å². The van der Waals surface area contributed by atoms with E-state index in [4.69, 9.17) is 5.73 Å². The highest BCUT2D eigenvalue weighted by molar-refractivity contribution is 6.07.